The first-order valence-electron chi connectivity index (χ1n) is 11.4. The Morgan fingerprint density at radius 3 is 2.58 bits per heavy atom. The molecule has 0 N–H and O–H groups in total. The van der Waals surface area contributed by atoms with E-state index >= 15 is 0 Å². The van der Waals surface area contributed by atoms with Crippen LogP contribution in [0, 0.1) is 10.1 Å². The van der Waals surface area contributed by atoms with Gasteiger partial charge in [0.1, 0.15) is 11.8 Å². The maximum Gasteiger partial charge on any atom is 0.329 e. The quantitative estimate of drug-likeness (QED) is 0.223. The number of rotatable bonds is 4. The first kappa shape index (κ1) is 23.5. The maximum atomic E-state index is 13.6. The van der Waals surface area contributed by atoms with Gasteiger partial charge in [-0.3, -0.25) is 10.1 Å². The molecule has 6 rings (SSSR count). The minimum absolute atomic E-state index is 0.153. The zero-order chi connectivity index (χ0) is 25.2. The Morgan fingerprint density at radius 2 is 1.86 bits per heavy atom. The third-order valence-electron chi connectivity index (χ3n) is 7.13. The predicted molar refractivity (Wildman–Crippen MR) is 138 cm³/mol. The lowest BCUT2D eigenvalue weighted by molar-refractivity contribution is -0.585. The largest absolute Gasteiger partial charge is 0.478 e. The fourth-order valence-electron chi connectivity index (χ4n) is 5.81. The lowest BCUT2D eigenvalue weighted by atomic mass is 9.71. The lowest BCUT2D eigenvalue weighted by Crippen LogP contribution is -2.58. The van der Waals surface area contributed by atoms with Gasteiger partial charge in [0, 0.05) is 25.4 Å². The zero-order valence-corrected chi connectivity index (χ0v) is 21.3. The molecule has 10 heteroatoms. The monoisotopic (exact) mass is 542 g/mol. The van der Waals surface area contributed by atoms with Gasteiger partial charge in [-0.1, -0.05) is 59.2 Å². The Kier molecular flexibility index (Phi) is 5.59. The molecule has 184 valence electrons. The van der Waals surface area contributed by atoms with Gasteiger partial charge in [-0.2, -0.15) is 0 Å². The second kappa shape index (κ2) is 8.57. The van der Waals surface area contributed by atoms with Crippen LogP contribution in [0.2, 0.25) is 10.0 Å². The molecule has 3 aromatic carbocycles. The van der Waals surface area contributed by atoms with Crippen LogP contribution in [0.25, 0.3) is 0 Å². The normalized spacial score (nSPS) is 27.4. The van der Waals surface area contributed by atoms with Crippen molar-refractivity contribution >= 4 is 46.6 Å². The molecule has 3 aromatic rings. The molecule has 36 heavy (non-hydrogen) atoms. The fraction of sp³-hybridized carbons (Fsp3) is 0.269. The van der Waals surface area contributed by atoms with Crippen LogP contribution in [0.1, 0.15) is 30.1 Å². The molecule has 1 saturated heterocycles. The first-order chi connectivity index (χ1) is 17.4. The standard InChI is InChI=1S/C26H20Cl2N2O5S/c1-2-34-24(31)22-21-17-13-16(28)11-12-19(17)35-23(14-7-9-15(27)10-8-14)26(21,30(32)33)25-29(22)18-5-3-4-6-20(18)36-25/h3-13,21-23,25H,2H2,1H3/t21-,22-,23-,25+,26-/m0/s1. The van der Waals surface area contributed by atoms with Crippen LogP contribution in [0.4, 0.5) is 5.69 Å². The summed E-state index contributed by atoms with van der Waals surface area (Å²) in [6.45, 7) is 1.88. The molecule has 0 bridgehead atoms. The van der Waals surface area contributed by atoms with Gasteiger partial charge in [0.2, 0.25) is 0 Å². The van der Waals surface area contributed by atoms with Crippen molar-refractivity contribution in [2.45, 2.75) is 40.8 Å². The molecule has 0 spiro atoms. The van der Waals surface area contributed by atoms with E-state index in [9.17, 15) is 14.9 Å². The number of halogens is 2. The van der Waals surface area contributed by atoms with Crippen molar-refractivity contribution in [3.8, 4) is 5.75 Å². The number of nitro groups is 1. The van der Waals surface area contributed by atoms with E-state index in [1.807, 2.05) is 29.2 Å². The summed E-state index contributed by atoms with van der Waals surface area (Å²) in [5.41, 5.74) is 0.143. The number of fused-ring (bicyclic) bond motifs is 7. The van der Waals surface area contributed by atoms with E-state index in [1.54, 1.807) is 49.4 Å². The lowest BCUT2D eigenvalue weighted by Gasteiger charge is -2.41. The molecular formula is C26H20Cl2N2O5S. The molecule has 0 radical (unpaired) electrons. The number of esters is 1. The molecule has 3 heterocycles. The maximum absolute atomic E-state index is 13.6. The minimum atomic E-state index is -1.74. The van der Waals surface area contributed by atoms with Crippen LogP contribution in [-0.4, -0.2) is 34.5 Å². The van der Waals surface area contributed by atoms with Gasteiger partial charge in [0.15, 0.2) is 11.5 Å². The van der Waals surface area contributed by atoms with Gasteiger partial charge in [-0.15, -0.1) is 0 Å². The average molecular weight is 543 g/mol. The smallest absolute Gasteiger partial charge is 0.329 e. The van der Waals surface area contributed by atoms with Crippen LogP contribution in [-0.2, 0) is 9.53 Å². The van der Waals surface area contributed by atoms with E-state index in [4.69, 9.17) is 32.7 Å². The number of nitrogens with zero attached hydrogens (tertiary/aromatic N) is 2. The van der Waals surface area contributed by atoms with E-state index in [2.05, 4.69) is 0 Å². The van der Waals surface area contributed by atoms with Gasteiger partial charge in [0.05, 0.1) is 18.2 Å². The molecule has 0 aliphatic carbocycles. The number of thioether (sulfide) groups is 1. The summed E-state index contributed by atoms with van der Waals surface area (Å²) in [7, 11) is 0. The van der Waals surface area contributed by atoms with Gasteiger partial charge in [-0.25, -0.2) is 4.79 Å². The van der Waals surface area contributed by atoms with E-state index < -0.39 is 34.9 Å². The Bertz CT molecular complexity index is 1390. The topological polar surface area (TPSA) is 81.9 Å². The number of benzene rings is 3. The van der Waals surface area contributed by atoms with Crippen molar-refractivity contribution in [3.63, 3.8) is 0 Å². The molecule has 0 aromatic heterocycles. The highest BCUT2D eigenvalue weighted by Gasteiger charge is 2.78. The van der Waals surface area contributed by atoms with Crippen LogP contribution < -0.4 is 9.64 Å². The fourth-order valence-corrected chi connectivity index (χ4v) is 7.71. The van der Waals surface area contributed by atoms with Gasteiger partial charge < -0.3 is 14.4 Å². The third kappa shape index (κ3) is 3.17. The molecule has 0 saturated carbocycles. The SMILES string of the molecule is CCOC(=O)[C@@H]1[C@@H]2c3cc(Cl)ccc3O[C@@H](c3ccc(Cl)cc3)[C@]2([N+](=O)[O-])[C@H]2Sc3ccccc3N12. The number of hydrogen-bond donors (Lipinski definition) is 0. The van der Waals surface area contributed by atoms with Gasteiger partial charge in [0.25, 0.3) is 0 Å². The number of para-hydroxylation sites is 1. The van der Waals surface area contributed by atoms with Crippen LogP contribution in [0.3, 0.4) is 0 Å². The Hall–Kier alpha value is -2.94. The Morgan fingerprint density at radius 1 is 1.14 bits per heavy atom. The molecule has 7 nitrogen and oxygen atoms in total. The first-order valence-corrected chi connectivity index (χ1v) is 13.1. The molecule has 1 fully saturated rings. The third-order valence-corrected chi connectivity index (χ3v) is 9.05. The highest BCUT2D eigenvalue weighted by atomic mass is 35.5. The number of carbonyl (C=O) groups excluding carboxylic acids is 1. The van der Waals surface area contributed by atoms with E-state index in [0.29, 0.717) is 26.9 Å². The second-order valence-corrected chi connectivity index (χ2v) is 10.9. The molecule has 3 aliphatic heterocycles. The Balaban J connectivity index is 1.67. The van der Waals surface area contributed by atoms with Crippen molar-refractivity contribution in [2.75, 3.05) is 11.5 Å². The summed E-state index contributed by atoms with van der Waals surface area (Å²) >= 11 is 13.9. The summed E-state index contributed by atoms with van der Waals surface area (Å²) in [6, 6.07) is 18.5. The van der Waals surface area contributed by atoms with E-state index in [-0.39, 0.29) is 11.5 Å². The molecule has 0 amide bonds. The summed E-state index contributed by atoms with van der Waals surface area (Å²) in [5.74, 6) is -0.952. The van der Waals surface area contributed by atoms with Crippen molar-refractivity contribution in [1.29, 1.82) is 0 Å². The van der Waals surface area contributed by atoms with Crippen LogP contribution in [0.5, 0.6) is 5.75 Å². The van der Waals surface area contributed by atoms with Gasteiger partial charge >= 0.3 is 11.5 Å². The van der Waals surface area contributed by atoms with Crippen LogP contribution >= 0.6 is 35.0 Å². The van der Waals surface area contributed by atoms with Crippen molar-refractivity contribution in [2.24, 2.45) is 0 Å². The summed E-state index contributed by atoms with van der Waals surface area (Å²) in [4.78, 5) is 29.5. The molecule has 5 atom stereocenters. The Labute approximate surface area is 221 Å². The number of carbonyl (C=O) groups is 1. The minimum Gasteiger partial charge on any atom is -0.478 e. The molecular weight excluding hydrogens is 523 g/mol. The number of anilines is 1. The van der Waals surface area contributed by atoms with E-state index in [1.165, 1.54) is 11.8 Å². The summed E-state index contributed by atoms with van der Waals surface area (Å²) in [6.07, 6.45) is -1.00. The average Bonchev–Trinajstić information content (AvgIpc) is 3.38. The van der Waals surface area contributed by atoms with Gasteiger partial charge in [-0.05, 0) is 55.0 Å². The van der Waals surface area contributed by atoms with E-state index in [0.717, 1.165) is 10.6 Å². The van der Waals surface area contributed by atoms with Crippen molar-refractivity contribution < 1.29 is 19.2 Å². The molecule has 0 unspecified atom stereocenters. The summed E-state index contributed by atoms with van der Waals surface area (Å²) < 4.78 is 12.0. The second-order valence-electron chi connectivity index (χ2n) is 8.90. The summed E-state index contributed by atoms with van der Waals surface area (Å²) in [5, 5.41) is 13.6. The molecule has 3 aliphatic rings. The number of hydrogen-bond acceptors (Lipinski definition) is 7. The zero-order valence-electron chi connectivity index (χ0n) is 19.0. The highest BCUT2D eigenvalue weighted by Crippen LogP contribution is 2.66. The predicted octanol–water partition coefficient (Wildman–Crippen LogP) is 6.11. The highest BCUT2D eigenvalue weighted by molar-refractivity contribution is 8.00. The van der Waals surface area contributed by atoms with Crippen molar-refractivity contribution in [1.82, 2.24) is 0 Å². The van der Waals surface area contributed by atoms with Crippen LogP contribution in [0.15, 0.2) is 71.6 Å². The number of ether oxygens (including phenoxy) is 2. The van der Waals surface area contributed by atoms with Crippen molar-refractivity contribution in [3.05, 3.63) is 98.0 Å².